The Morgan fingerprint density at radius 2 is 1.45 bits per heavy atom. The highest BCUT2D eigenvalue weighted by molar-refractivity contribution is 5.69. The summed E-state index contributed by atoms with van der Waals surface area (Å²) in [5.74, 6) is 2.33. The van der Waals surface area contributed by atoms with Gasteiger partial charge < -0.3 is 32.9 Å². The Labute approximate surface area is 237 Å². The molecular weight excluding hydrogens is 514 g/mol. The number of fused-ring (bicyclic) bond motifs is 1. The molecule has 1 aliphatic rings. The van der Waals surface area contributed by atoms with Crippen molar-refractivity contribution in [1.29, 1.82) is 0 Å². The zero-order valence-corrected chi connectivity index (χ0v) is 24.7. The summed E-state index contributed by atoms with van der Waals surface area (Å²) in [6.45, 7) is 3.70. The van der Waals surface area contributed by atoms with Gasteiger partial charge in [-0.15, -0.1) is 0 Å². The normalized spacial score (nSPS) is 17.9. The molecule has 0 radical (unpaired) electrons. The molecule has 2 aromatic carbocycles. The number of carbonyl (C=O) groups is 2. The number of unbranched alkanes of at least 4 members (excludes halogenated alkanes) is 2. The molecule has 3 rings (SSSR count). The summed E-state index contributed by atoms with van der Waals surface area (Å²) >= 11 is 0. The predicted molar refractivity (Wildman–Crippen MR) is 151 cm³/mol. The first-order valence-electron chi connectivity index (χ1n) is 13.8. The first-order chi connectivity index (χ1) is 19.2. The van der Waals surface area contributed by atoms with Gasteiger partial charge in [0.15, 0.2) is 23.0 Å². The molecule has 1 aliphatic heterocycles. The molecule has 2 atom stereocenters. The number of esters is 2. The van der Waals surface area contributed by atoms with Crippen molar-refractivity contribution in [3.05, 3.63) is 47.0 Å². The Balaban J connectivity index is 1.75. The molecule has 9 heteroatoms. The van der Waals surface area contributed by atoms with Crippen molar-refractivity contribution in [2.45, 2.75) is 51.5 Å². The largest absolute Gasteiger partial charge is 0.493 e. The standard InChI is InChI=1S/C31H44NO8/c1-22(33)39-16-8-7-9-17-40-31(34)13-15-32(2)14-12-24-20-29(37-5)30(38-6)21-25(24)26(32)18-23-10-11-27(35-3)28(19-23)36-4/h10-11,19-21,26H,7-9,12-18H2,1-6H3/q+1/t26-,32+/m1/s1. The smallest absolute Gasteiger partial charge is 0.311 e. The van der Waals surface area contributed by atoms with Gasteiger partial charge in [-0.3, -0.25) is 9.59 Å². The van der Waals surface area contributed by atoms with Gasteiger partial charge in [-0.05, 0) is 54.7 Å². The van der Waals surface area contributed by atoms with Crippen LogP contribution in [-0.4, -0.2) is 78.2 Å². The molecule has 0 fully saturated rings. The molecule has 0 spiro atoms. The molecule has 9 nitrogen and oxygen atoms in total. The Morgan fingerprint density at radius 3 is 2.10 bits per heavy atom. The highest BCUT2D eigenvalue weighted by Crippen LogP contribution is 2.43. The minimum absolute atomic E-state index is 0.0794. The molecule has 220 valence electrons. The summed E-state index contributed by atoms with van der Waals surface area (Å²) in [7, 11) is 8.79. The summed E-state index contributed by atoms with van der Waals surface area (Å²) in [6.07, 6.45) is 4.29. The number of methoxy groups -OCH3 is 4. The van der Waals surface area contributed by atoms with E-state index in [1.165, 1.54) is 18.1 Å². The van der Waals surface area contributed by atoms with Crippen molar-refractivity contribution in [3.8, 4) is 23.0 Å². The minimum atomic E-state index is -0.273. The average Bonchev–Trinajstić information content (AvgIpc) is 2.96. The van der Waals surface area contributed by atoms with Crippen LogP contribution in [0.4, 0.5) is 0 Å². The van der Waals surface area contributed by atoms with Gasteiger partial charge in [0, 0.05) is 25.3 Å². The van der Waals surface area contributed by atoms with E-state index in [9.17, 15) is 9.59 Å². The van der Waals surface area contributed by atoms with E-state index in [0.29, 0.717) is 47.9 Å². The fraction of sp³-hybridized carbons (Fsp3) is 0.548. The number of carbonyl (C=O) groups excluding carboxylic acids is 2. The molecule has 0 saturated carbocycles. The van der Waals surface area contributed by atoms with Crippen molar-refractivity contribution in [2.75, 3.05) is 61.8 Å². The fourth-order valence-corrected chi connectivity index (χ4v) is 5.36. The maximum absolute atomic E-state index is 12.7. The van der Waals surface area contributed by atoms with Crippen molar-refractivity contribution in [2.24, 2.45) is 0 Å². The summed E-state index contributed by atoms with van der Waals surface area (Å²) in [4.78, 5) is 23.5. The maximum Gasteiger partial charge on any atom is 0.311 e. The van der Waals surface area contributed by atoms with Gasteiger partial charge in [-0.25, -0.2) is 0 Å². The zero-order valence-electron chi connectivity index (χ0n) is 24.7. The van der Waals surface area contributed by atoms with E-state index in [2.05, 4.69) is 25.2 Å². The first kappa shape index (κ1) is 31.1. The van der Waals surface area contributed by atoms with Crippen LogP contribution in [0.15, 0.2) is 30.3 Å². The second-order valence-electron chi connectivity index (χ2n) is 10.4. The quantitative estimate of drug-likeness (QED) is 0.177. The SMILES string of the molecule is COc1ccc(C[C@@H]2c3cc(OC)c(OC)cc3CC[N@@+]2(C)CCC(=O)OCCCCCOC(C)=O)cc1OC. The van der Waals surface area contributed by atoms with E-state index in [4.69, 9.17) is 28.4 Å². The van der Waals surface area contributed by atoms with E-state index in [-0.39, 0.29) is 18.0 Å². The summed E-state index contributed by atoms with van der Waals surface area (Å²) in [5.41, 5.74) is 3.54. The number of benzene rings is 2. The lowest BCUT2D eigenvalue weighted by Gasteiger charge is -2.46. The molecular formula is C31H44NO8+. The lowest BCUT2D eigenvalue weighted by molar-refractivity contribution is -0.940. The number of quaternary nitrogens is 1. The lowest BCUT2D eigenvalue weighted by Crippen LogP contribution is -2.53. The third-order valence-electron chi connectivity index (χ3n) is 7.71. The van der Waals surface area contributed by atoms with Crippen LogP contribution in [0.2, 0.25) is 0 Å². The third kappa shape index (κ3) is 8.03. The maximum atomic E-state index is 12.7. The molecule has 0 N–H and O–H groups in total. The number of hydrogen-bond acceptors (Lipinski definition) is 8. The van der Waals surface area contributed by atoms with Crippen LogP contribution in [-0.2, 0) is 31.9 Å². The van der Waals surface area contributed by atoms with Gasteiger partial charge in [-0.1, -0.05) is 6.07 Å². The Morgan fingerprint density at radius 1 is 0.825 bits per heavy atom. The number of nitrogens with zero attached hydrogens (tertiary/aromatic N) is 1. The van der Waals surface area contributed by atoms with Crippen molar-refractivity contribution >= 4 is 11.9 Å². The number of rotatable bonds is 15. The molecule has 40 heavy (non-hydrogen) atoms. The monoisotopic (exact) mass is 558 g/mol. The van der Waals surface area contributed by atoms with Crippen LogP contribution < -0.4 is 18.9 Å². The molecule has 0 saturated heterocycles. The van der Waals surface area contributed by atoms with Gasteiger partial charge in [0.25, 0.3) is 0 Å². The van der Waals surface area contributed by atoms with Gasteiger partial charge in [-0.2, -0.15) is 0 Å². The van der Waals surface area contributed by atoms with E-state index in [0.717, 1.165) is 50.0 Å². The topological polar surface area (TPSA) is 89.5 Å². The van der Waals surface area contributed by atoms with Crippen LogP contribution in [0.25, 0.3) is 0 Å². The summed E-state index contributed by atoms with van der Waals surface area (Å²) in [6, 6.07) is 10.3. The van der Waals surface area contributed by atoms with Crippen molar-refractivity contribution in [1.82, 2.24) is 0 Å². The lowest BCUT2D eigenvalue weighted by atomic mass is 9.86. The second kappa shape index (κ2) is 14.8. The molecule has 1 heterocycles. The van der Waals surface area contributed by atoms with Gasteiger partial charge >= 0.3 is 11.9 Å². The third-order valence-corrected chi connectivity index (χ3v) is 7.71. The average molecular weight is 559 g/mol. The van der Waals surface area contributed by atoms with Crippen LogP contribution in [0.3, 0.4) is 0 Å². The number of likely N-dealkylation sites (N-methyl/N-ethyl adjacent to an activating group) is 1. The summed E-state index contributed by atoms with van der Waals surface area (Å²) < 4.78 is 33.4. The predicted octanol–water partition coefficient (Wildman–Crippen LogP) is 4.67. The van der Waals surface area contributed by atoms with E-state index in [1.807, 2.05) is 12.1 Å². The molecule has 0 aliphatic carbocycles. The molecule has 0 aromatic heterocycles. The van der Waals surface area contributed by atoms with E-state index < -0.39 is 0 Å². The van der Waals surface area contributed by atoms with Gasteiger partial charge in [0.05, 0.1) is 68.2 Å². The fourth-order valence-electron chi connectivity index (χ4n) is 5.36. The molecule has 2 aromatic rings. The first-order valence-corrected chi connectivity index (χ1v) is 13.8. The van der Waals surface area contributed by atoms with Crippen molar-refractivity contribution in [3.63, 3.8) is 0 Å². The Kier molecular flexibility index (Phi) is 11.5. The number of hydrogen-bond donors (Lipinski definition) is 0. The van der Waals surface area contributed by atoms with E-state index >= 15 is 0 Å². The zero-order chi connectivity index (χ0) is 29.1. The van der Waals surface area contributed by atoms with Crippen LogP contribution in [0.1, 0.15) is 55.3 Å². The highest BCUT2D eigenvalue weighted by atomic mass is 16.5. The molecule has 0 amide bonds. The van der Waals surface area contributed by atoms with Crippen LogP contribution in [0.5, 0.6) is 23.0 Å². The van der Waals surface area contributed by atoms with Gasteiger partial charge in [0.1, 0.15) is 6.04 Å². The molecule has 0 unspecified atom stereocenters. The molecule has 0 bridgehead atoms. The summed E-state index contributed by atoms with van der Waals surface area (Å²) in [5, 5.41) is 0. The van der Waals surface area contributed by atoms with Gasteiger partial charge in [0.2, 0.25) is 0 Å². The number of ether oxygens (including phenoxy) is 6. The van der Waals surface area contributed by atoms with E-state index in [1.54, 1.807) is 28.4 Å². The van der Waals surface area contributed by atoms with Crippen molar-refractivity contribution < 1.29 is 42.5 Å². The minimum Gasteiger partial charge on any atom is -0.493 e. The Bertz CT molecular complexity index is 1150. The second-order valence-corrected chi connectivity index (χ2v) is 10.4. The highest BCUT2D eigenvalue weighted by Gasteiger charge is 2.40. The van der Waals surface area contributed by atoms with Crippen LogP contribution in [0, 0.1) is 0 Å². The Hall–Kier alpha value is -3.46. The van der Waals surface area contributed by atoms with Crippen LogP contribution >= 0.6 is 0 Å².